The van der Waals surface area contributed by atoms with Gasteiger partial charge < -0.3 is 0 Å². The van der Waals surface area contributed by atoms with Crippen molar-refractivity contribution >= 4 is 11.6 Å². The first-order valence-electron chi connectivity index (χ1n) is 11.8. The maximum atomic E-state index is 13.6. The summed E-state index contributed by atoms with van der Waals surface area (Å²) in [4.78, 5) is 0. The van der Waals surface area contributed by atoms with Gasteiger partial charge in [0.05, 0.1) is 0 Å². The zero-order valence-corrected chi connectivity index (χ0v) is 19.1. The van der Waals surface area contributed by atoms with E-state index in [4.69, 9.17) is 11.6 Å². The second-order valence-electron chi connectivity index (χ2n) is 9.35. The van der Waals surface area contributed by atoms with E-state index in [1.54, 1.807) is 0 Å². The first-order valence-corrected chi connectivity index (χ1v) is 12.2. The summed E-state index contributed by atoms with van der Waals surface area (Å²) in [7, 11) is 0. The third-order valence-electron chi connectivity index (χ3n) is 7.22. The summed E-state index contributed by atoms with van der Waals surface area (Å²) in [6.07, 6.45) is 13.3. The zero-order valence-electron chi connectivity index (χ0n) is 18.3. The molecule has 0 heterocycles. The third-order valence-corrected chi connectivity index (χ3v) is 7.58. The summed E-state index contributed by atoms with van der Waals surface area (Å²) < 4.78 is 27.3. The van der Waals surface area contributed by atoms with Gasteiger partial charge in [0.25, 0.3) is 0 Å². The Labute approximate surface area is 190 Å². The highest BCUT2D eigenvalue weighted by Gasteiger charge is 2.34. The molecular formula is C28H31ClF2. The van der Waals surface area contributed by atoms with Crippen LogP contribution in [0.3, 0.4) is 0 Å². The van der Waals surface area contributed by atoms with E-state index in [1.807, 2.05) is 0 Å². The normalized spacial score (nSPS) is 22.3. The van der Waals surface area contributed by atoms with E-state index in [1.165, 1.54) is 81.0 Å². The minimum Gasteiger partial charge on any atom is -0.205 e. The summed E-state index contributed by atoms with van der Waals surface area (Å²) >= 11 is 5.55. The van der Waals surface area contributed by atoms with Crippen molar-refractivity contribution in [2.45, 2.75) is 77.0 Å². The van der Waals surface area contributed by atoms with Gasteiger partial charge >= 0.3 is 0 Å². The first-order chi connectivity index (χ1) is 15.0. The van der Waals surface area contributed by atoms with E-state index in [-0.39, 0.29) is 0 Å². The lowest BCUT2D eigenvalue weighted by atomic mass is 9.64. The maximum absolute atomic E-state index is 13.6. The lowest BCUT2D eigenvalue weighted by Crippen LogP contribution is -2.28. The van der Waals surface area contributed by atoms with Crippen LogP contribution in [0.2, 0.25) is 5.02 Å². The number of halogens is 3. The molecular weight excluding hydrogens is 410 g/mol. The van der Waals surface area contributed by atoms with Crippen molar-refractivity contribution in [3.8, 4) is 11.8 Å². The van der Waals surface area contributed by atoms with E-state index in [0.717, 1.165) is 23.8 Å². The van der Waals surface area contributed by atoms with Crippen molar-refractivity contribution in [2.24, 2.45) is 11.8 Å². The molecule has 31 heavy (non-hydrogen) atoms. The Morgan fingerprint density at radius 1 is 0.935 bits per heavy atom. The predicted octanol–water partition coefficient (Wildman–Crippen LogP) is 8.43. The Morgan fingerprint density at radius 2 is 1.71 bits per heavy atom. The second kappa shape index (κ2) is 10.2. The molecule has 0 nitrogen and oxygen atoms in total. The fourth-order valence-corrected chi connectivity index (χ4v) is 5.70. The van der Waals surface area contributed by atoms with Gasteiger partial charge in [0.15, 0.2) is 0 Å². The highest BCUT2D eigenvalue weighted by atomic mass is 35.5. The Bertz CT molecular complexity index is 961. The van der Waals surface area contributed by atoms with Crippen molar-refractivity contribution in [1.82, 2.24) is 0 Å². The fraction of sp³-hybridized carbons (Fsp3) is 0.500. The first kappa shape index (κ1) is 22.3. The average molecular weight is 441 g/mol. The molecule has 2 aromatic carbocycles. The van der Waals surface area contributed by atoms with Crippen molar-refractivity contribution < 1.29 is 8.78 Å². The molecule has 1 fully saturated rings. The predicted molar refractivity (Wildman–Crippen MR) is 124 cm³/mol. The van der Waals surface area contributed by atoms with Gasteiger partial charge in [0.2, 0.25) is 0 Å². The van der Waals surface area contributed by atoms with Crippen LogP contribution in [0.5, 0.6) is 0 Å². The number of rotatable bonds is 5. The largest absolute Gasteiger partial charge is 0.205 e. The van der Waals surface area contributed by atoms with E-state index in [9.17, 15) is 8.78 Å². The summed E-state index contributed by atoms with van der Waals surface area (Å²) in [6.45, 7) is 2.28. The summed E-state index contributed by atoms with van der Waals surface area (Å²) in [5.41, 5.74) is 4.12. The molecule has 3 heteroatoms. The van der Waals surface area contributed by atoms with Gasteiger partial charge in [0, 0.05) is 11.1 Å². The van der Waals surface area contributed by atoms with Crippen molar-refractivity contribution in [1.29, 1.82) is 0 Å². The van der Waals surface area contributed by atoms with Crippen LogP contribution in [0, 0.1) is 35.3 Å². The SMILES string of the molecule is CCCCCC[C@@H]1CC[C@@H]2c3ccc(C#Cc4cc(F)c(Cl)c(F)c4)cc3CC[C@@H]2C1. The molecule has 0 amide bonds. The number of hydrogen-bond acceptors (Lipinski definition) is 0. The van der Waals surface area contributed by atoms with Crippen molar-refractivity contribution in [3.63, 3.8) is 0 Å². The molecule has 0 saturated heterocycles. The van der Waals surface area contributed by atoms with Gasteiger partial charge in [-0.2, -0.15) is 0 Å². The number of benzene rings is 2. The van der Waals surface area contributed by atoms with Crippen LogP contribution in [0.15, 0.2) is 30.3 Å². The van der Waals surface area contributed by atoms with Gasteiger partial charge in [-0.3, -0.25) is 0 Å². The van der Waals surface area contributed by atoms with Crippen LogP contribution >= 0.6 is 11.6 Å². The molecule has 0 aliphatic heterocycles. The lowest BCUT2D eigenvalue weighted by molar-refractivity contribution is 0.199. The van der Waals surface area contributed by atoms with Crippen LogP contribution in [0.4, 0.5) is 8.78 Å². The molecule has 0 spiro atoms. The monoisotopic (exact) mass is 440 g/mol. The lowest BCUT2D eigenvalue weighted by Gasteiger charge is -2.40. The number of fused-ring (bicyclic) bond motifs is 3. The zero-order chi connectivity index (χ0) is 21.8. The molecule has 0 aromatic heterocycles. The molecule has 2 aromatic rings. The molecule has 0 bridgehead atoms. The molecule has 3 atom stereocenters. The minimum absolute atomic E-state index is 0.300. The van der Waals surface area contributed by atoms with E-state index < -0.39 is 16.7 Å². The standard InChI is InChI=1S/C28H31ClF2/c1-2-3-4-5-6-19-9-13-24-22(15-19)11-12-23-16-20(10-14-25(23)24)7-8-21-17-26(30)28(29)27(31)18-21/h10,14,16-19,22,24H,2-6,9,11-13,15H2,1H3/t19-,22-,24+/m1/s1. The van der Waals surface area contributed by atoms with Crippen LogP contribution in [-0.4, -0.2) is 0 Å². The fourth-order valence-electron chi connectivity index (χ4n) is 5.59. The van der Waals surface area contributed by atoms with Crippen LogP contribution < -0.4 is 0 Å². The highest BCUT2D eigenvalue weighted by molar-refractivity contribution is 6.30. The molecule has 0 radical (unpaired) electrons. The Morgan fingerprint density at radius 3 is 2.48 bits per heavy atom. The summed E-state index contributed by atoms with van der Waals surface area (Å²) in [5.74, 6) is 6.84. The summed E-state index contributed by atoms with van der Waals surface area (Å²) in [5, 5.41) is -0.482. The smallest absolute Gasteiger partial charge is 0.146 e. The van der Waals surface area contributed by atoms with Crippen molar-refractivity contribution in [2.75, 3.05) is 0 Å². The number of hydrogen-bond donors (Lipinski definition) is 0. The summed E-state index contributed by atoms with van der Waals surface area (Å²) in [6, 6.07) is 8.86. The molecule has 2 aliphatic rings. The van der Waals surface area contributed by atoms with Crippen LogP contribution in [0.25, 0.3) is 0 Å². The number of unbranched alkanes of at least 4 members (excludes halogenated alkanes) is 3. The number of aryl methyl sites for hydroxylation is 1. The van der Waals surface area contributed by atoms with Gasteiger partial charge in [-0.25, -0.2) is 8.78 Å². The van der Waals surface area contributed by atoms with Crippen LogP contribution in [-0.2, 0) is 6.42 Å². The Balaban J connectivity index is 1.43. The molecule has 164 valence electrons. The minimum atomic E-state index is -0.775. The maximum Gasteiger partial charge on any atom is 0.146 e. The van der Waals surface area contributed by atoms with Gasteiger partial charge in [0.1, 0.15) is 16.7 Å². The molecule has 1 saturated carbocycles. The van der Waals surface area contributed by atoms with E-state index in [0.29, 0.717) is 11.5 Å². The third kappa shape index (κ3) is 5.32. The molecule has 2 aliphatic carbocycles. The molecule has 0 N–H and O–H groups in total. The van der Waals surface area contributed by atoms with E-state index >= 15 is 0 Å². The quantitative estimate of drug-likeness (QED) is 0.248. The second-order valence-corrected chi connectivity index (χ2v) is 9.73. The Kier molecular flexibility index (Phi) is 7.34. The van der Waals surface area contributed by atoms with Gasteiger partial charge in [-0.1, -0.05) is 68.5 Å². The molecule has 4 rings (SSSR count). The van der Waals surface area contributed by atoms with E-state index in [2.05, 4.69) is 37.0 Å². The highest BCUT2D eigenvalue weighted by Crippen LogP contribution is 2.48. The van der Waals surface area contributed by atoms with Gasteiger partial charge in [-0.15, -0.1) is 0 Å². The van der Waals surface area contributed by atoms with Crippen molar-refractivity contribution in [3.05, 3.63) is 69.2 Å². The average Bonchev–Trinajstić information content (AvgIpc) is 2.78. The molecule has 0 unspecified atom stereocenters. The Hall–Kier alpha value is -1.85. The van der Waals surface area contributed by atoms with Gasteiger partial charge in [-0.05, 0) is 85.3 Å². The topological polar surface area (TPSA) is 0 Å². The van der Waals surface area contributed by atoms with Crippen LogP contribution in [0.1, 0.15) is 92.9 Å².